The highest BCUT2D eigenvalue weighted by atomic mass is 35.5. The van der Waals surface area contributed by atoms with Gasteiger partial charge < -0.3 is 0 Å². The fraction of sp³-hybridized carbons (Fsp3) is 0.250. The highest BCUT2D eigenvalue weighted by Crippen LogP contribution is 2.22. The first-order chi connectivity index (χ1) is 7.58. The molecule has 2 aromatic rings. The number of fused-ring (bicyclic) bond motifs is 1. The summed E-state index contributed by atoms with van der Waals surface area (Å²) in [5, 5.41) is 14.2. The average molecular weight is 263 g/mol. The summed E-state index contributed by atoms with van der Waals surface area (Å²) in [7, 11) is 0. The number of nitro groups is 1. The Morgan fingerprint density at radius 1 is 1.44 bits per heavy atom. The Bertz CT molecular complexity index is 526. The summed E-state index contributed by atoms with van der Waals surface area (Å²) in [5.74, 6) is 0. The Hall–Kier alpha value is -1.40. The SMILES string of the molecule is CC.O=[N+]([O-])c1cc2c(Cl)nc(Cl)nn2c1. The lowest BCUT2D eigenvalue weighted by Gasteiger charge is -1.94. The molecule has 0 aromatic carbocycles. The van der Waals surface area contributed by atoms with Gasteiger partial charge in [-0.05, 0) is 11.6 Å². The van der Waals surface area contributed by atoms with Gasteiger partial charge in [-0.25, -0.2) is 9.50 Å². The van der Waals surface area contributed by atoms with Crippen molar-refractivity contribution in [1.82, 2.24) is 14.6 Å². The zero-order chi connectivity index (χ0) is 12.3. The predicted octanol–water partition coefficient (Wildman–Crippen LogP) is 2.97. The van der Waals surface area contributed by atoms with E-state index >= 15 is 0 Å². The van der Waals surface area contributed by atoms with Gasteiger partial charge >= 0.3 is 0 Å². The van der Waals surface area contributed by atoms with Gasteiger partial charge in [0.25, 0.3) is 5.69 Å². The summed E-state index contributed by atoms with van der Waals surface area (Å²) in [6.45, 7) is 4.00. The number of rotatable bonds is 1. The fourth-order valence-electron chi connectivity index (χ4n) is 1.02. The lowest BCUT2D eigenvalue weighted by molar-refractivity contribution is -0.384. The van der Waals surface area contributed by atoms with Gasteiger partial charge in [0.15, 0.2) is 5.15 Å². The van der Waals surface area contributed by atoms with E-state index in [1.165, 1.54) is 16.8 Å². The standard InChI is InChI=1S/C6H2Cl2N4O2.C2H6/c7-5-4-1-3(12(13)14)2-11(4)10-6(8)9-5;1-2/h1-2H;1-2H3. The molecular formula is C8H8Cl2N4O2. The van der Waals surface area contributed by atoms with Crippen LogP contribution in [0, 0.1) is 10.1 Å². The van der Waals surface area contributed by atoms with Crippen molar-refractivity contribution in [2.24, 2.45) is 0 Å². The summed E-state index contributed by atoms with van der Waals surface area (Å²) in [5.41, 5.74) is 0.242. The van der Waals surface area contributed by atoms with Gasteiger partial charge in [0.1, 0.15) is 11.7 Å². The van der Waals surface area contributed by atoms with Gasteiger partial charge in [-0.15, -0.1) is 5.10 Å². The summed E-state index contributed by atoms with van der Waals surface area (Å²) < 4.78 is 1.22. The fourth-order valence-corrected chi connectivity index (χ4v) is 1.45. The largest absolute Gasteiger partial charge is 0.289 e. The van der Waals surface area contributed by atoms with Crippen LogP contribution in [0.4, 0.5) is 5.69 Å². The van der Waals surface area contributed by atoms with Crippen LogP contribution in [0.1, 0.15) is 13.8 Å². The smallest absolute Gasteiger partial charge is 0.258 e. The maximum Gasteiger partial charge on any atom is 0.289 e. The molecular weight excluding hydrogens is 255 g/mol. The lowest BCUT2D eigenvalue weighted by atomic mass is 10.5. The monoisotopic (exact) mass is 262 g/mol. The Morgan fingerprint density at radius 2 is 2.06 bits per heavy atom. The highest BCUT2D eigenvalue weighted by molar-refractivity contribution is 6.34. The predicted molar refractivity (Wildman–Crippen MR) is 61.0 cm³/mol. The number of hydrogen-bond acceptors (Lipinski definition) is 4. The van der Waals surface area contributed by atoms with E-state index in [0.29, 0.717) is 5.52 Å². The Balaban J connectivity index is 0.000000606. The molecule has 0 unspecified atom stereocenters. The summed E-state index contributed by atoms with van der Waals surface area (Å²) >= 11 is 11.2. The van der Waals surface area contributed by atoms with Crippen LogP contribution in [0.15, 0.2) is 12.3 Å². The number of halogens is 2. The molecule has 8 heteroatoms. The van der Waals surface area contributed by atoms with Crippen LogP contribution < -0.4 is 0 Å². The van der Waals surface area contributed by atoms with Crippen molar-refractivity contribution < 1.29 is 4.92 Å². The molecule has 0 aliphatic rings. The van der Waals surface area contributed by atoms with Gasteiger partial charge in [-0.3, -0.25) is 10.1 Å². The maximum atomic E-state index is 10.4. The molecule has 16 heavy (non-hydrogen) atoms. The van der Waals surface area contributed by atoms with Crippen LogP contribution in [0.5, 0.6) is 0 Å². The van der Waals surface area contributed by atoms with E-state index in [0.717, 1.165) is 0 Å². The van der Waals surface area contributed by atoms with E-state index in [2.05, 4.69) is 10.1 Å². The van der Waals surface area contributed by atoms with Crippen LogP contribution in [0.2, 0.25) is 10.4 Å². The molecule has 2 aromatic heterocycles. The number of hydrogen-bond donors (Lipinski definition) is 0. The van der Waals surface area contributed by atoms with Crippen molar-refractivity contribution in [3.63, 3.8) is 0 Å². The molecule has 86 valence electrons. The third kappa shape index (κ3) is 2.40. The van der Waals surface area contributed by atoms with Crippen molar-refractivity contribution in [2.75, 3.05) is 0 Å². The molecule has 2 heterocycles. The first kappa shape index (κ1) is 12.7. The Morgan fingerprint density at radius 3 is 2.62 bits per heavy atom. The zero-order valence-electron chi connectivity index (χ0n) is 8.52. The molecule has 2 rings (SSSR count). The Kier molecular flexibility index (Phi) is 4.03. The average Bonchev–Trinajstić information content (AvgIpc) is 2.64. The topological polar surface area (TPSA) is 73.3 Å². The van der Waals surface area contributed by atoms with Crippen LogP contribution in [0.3, 0.4) is 0 Å². The second kappa shape index (κ2) is 5.09. The number of nitrogens with zero attached hydrogens (tertiary/aromatic N) is 4. The second-order valence-corrected chi connectivity index (χ2v) is 3.15. The van der Waals surface area contributed by atoms with Crippen molar-refractivity contribution in [3.8, 4) is 0 Å². The third-order valence-corrected chi connectivity index (χ3v) is 2.03. The Labute approximate surface area is 101 Å². The molecule has 0 aliphatic heterocycles. The van der Waals surface area contributed by atoms with Crippen LogP contribution in [-0.4, -0.2) is 19.5 Å². The van der Waals surface area contributed by atoms with Crippen molar-refractivity contribution in [1.29, 1.82) is 0 Å². The van der Waals surface area contributed by atoms with E-state index in [-0.39, 0.29) is 16.1 Å². The summed E-state index contributed by atoms with van der Waals surface area (Å²) in [6.07, 6.45) is 1.22. The molecule has 0 saturated carbocycles. The van der Waals surface area contributed by atoms with Crippen LogP contribution >= 0.6 is 23.2 Å². The first-order valence-corrected chi connectivity index (χ1v) is 5.19. The van der Waals surface area contributed by atoms with Crippen molar-refractivity contribution >= 4 is 34.4 Å². The molecule has 0 fully saturated rings. The van der Waals surface area contributed by atoms with Gasteiger partial charge in [-0.1, -0.05) is 25.4 Å². The van der Waals surface area contributed by atoms with Crippen molar-refractivity contribution in [3.05, 3.63) is 32.8 Å². The first-order valence-electron chi connectivity index (χ1n) is 4.44. The molecule has 0 aliphatic carbocycles. The normalized spacial score (nSPS) is 9.75. The summed E-state index contributed by atoms with van der Waals surface area (Å²) in [4.78, 5) is 13.5. The molecule has 0 saturated heterocycles. The van der Waals surface area contributed by atoms with Gasteiger partial charge in [0.2, 0.25) is 5.28 Å². The maximum absolute atomic E-state index is 10.4. The molecule has 0 radical (unpaired) electrons. The minimum absolute atomic E-state index is 0.0620. The molecule has 0 amide bonds. The van der Waals surface area contributed by atoms with E-state index in [9.17, 15) is 10.1 Å². The second-order valence-electron chi connectivity index (χ2n) is 2.46. The van der Waals surface area contributed by atoms with Crippen molar-refractivity contribution in [2.45, 2.75) is 13.8 Å². The van der Waals surface area contributed by atoms with Crippen LogP contribution in [0.25, 0.3) is 5.52 Å². The lowest BCUT2D eigenvalue weighted by Crippen LogP contribution is -1.93. The molecule has 0 atom stereocenters. The molecule has 0 bridgehead atoms. The minimum atomic E-state index is -0.543. The number of aromatic nitrogens is 3. The van der Waals surface area contributed by atoms with Crippen LogP contribution in [-0.2, 0) is 0 Å². The van der Waals surface area contributed by atoms with E-state index in [1.807, 2.05) is 13.8 Å². The third-order valence-electron chi connectivity index (χ3n) is 1.59. The highest BCUT2D eigenvalue weighted by Gasteiger charge is 2.13. The van der Waals surface area contributed by atoms with Gasteiger partial charge in [0, 0.05) is 6.07 Å². The molecule has 0 N–H and O–H groups in total. The molecule has 6 nitrogen and oxygen atoms in total. The quantitative estimate of drug-likeness (QED) is 0.585. The van der Waals surface area contributed by atoms with E-state index in [4.69, 9.17) is 23.2 Å². The molecule has 0 spiro atoms. The van der Waals surface area contributed by atoms with Gasteiger partial charge in [-0.2, -0.15) is 0 Å². The van der Waals surface area contributed by atoms with E-state index in [1.54, 1.807) is 0 Å². The summed E-state index contributed by atoms with van der Waals surface area (Å²) in [6, 6.07) is 1.28. The van der Waals surface area contributed by atoms with E-state index < -0.39 is 4.92 Å². The zero-order valence-corrected chi connectivity index (χ0v) is 10.0. The van der Waals surface area contributed by atoms with Gasteiger partial charge in [0.05, 0.1) is 4.92 Å². The minimum Gasteiger partial charge on any atom is -0.258 e.